The second kappa shape index (κ2) is 4.62. The molecule has 1 aromatic rings. The third-order valence-corrected chi connectivity index (χ3v) is 6.76. The van der Waals surface area contributed by atoms with Gasteiger partial charge in [-0.1, -0.05) is 6.07 Å². The molecule has 3 nitrogen and oxygen atoms in total. The summed E-state index contributed by atoms with van der Waals surface area (Å²) < 4.78 is 24.8. The molecule has 0 aliphatic heterocycles. The lowest BCUT2D eigenvalue weighted by Crippen LogP contribution is -2.16. The zero-order valence-corrected chi connectivity index (χ0v) is 12.9. The van der Waals surface area contributed by atoms with Crippen LogP contribution in [0.25, 0.3) is 0 Å². The standard InChI is InChI=1S/C13H17BrO3S/c1-9(2)18(16,17)12-4-3-10(7-11(12)14)13(8-15)5-6-13/h3-4,7,9,15H,5-6,8H2,1-2H3. The van der Waals surface area contributed by atoms with Crippen LogP contribution < -0.4 is 0 Å². The number of aliphatic hydroxyl groups is 1. The molecular formula is C13H17BrO3S. The van der Waals surface area contributed by atoms with E-state index in [1.807, 2.05) is 12.1 Å². The molecule has 0 unspecified atom stereocenters. The van der Waals surface area contributed by atoms with Crippen LogP contribution in [0.3, 0.4) is 0 Å². The van der Waals surface area contributed by atoms with Gasteiger partial charge < -0.3 is 5.11 Å². The van der Waals surface area contributed by atoms with E-state index in [1.54, 1.807) is 19.9 Å². The molecule has 1 N–H and O–H groups in total. The molecule has 5 heteroatoms. The van der Waals surface area contributed by atoms with E-state index < -0.39 is 15.1 Å². The zero-order chi connectivity index (χ0) is 13.6. The highest BCUT2D eigenvalue weighted by molar-refractivity contribution is 9.10. The summed E-state index contributed by atoms with van der Waals surface area (Å²) in [4.78, 5) is 0.329. The monoisotopic (exact) mass is 332 g/mol. The summed E-state index contributed by atoms with van der Waals surface area (Å²) >= 11 is 3.34. The van der Waals surface area contributed by atoms with Crippen molar-refractivity contribution < 1.29 is 13.5 Å². The lowest BCUT2D eigenvalue weighted by Gasteiger charge is -2.15. The highest BCUT2D eigenvalue weighted by Gasteiger charge is 2.44. The fraction of sp³-hybridized carbons (Fsp3) is 0.538. The molecule has 0 radical (unpaired) electrons. The number of sulfone groups is 1. The molecule has 18 heavy (non-hydrogen) atoms. The minimum Gasteiger partial charge on any atom is -0.395 e. The van der Waals surface area contributed by atoms with Gasteiger partial charge in [0.2, 0.25) is 0 Å². The van der Waals surface area contributed by atoms with Gasteiger partial charge in [0.1, 0.15) is 0 Å². The van der Waals surface area contributed by atoms with E-state index in [0.29, 0.717) is 9.37 Å². The van der Waals surface area contributed by atoms with Gasteiger partial charge in [-0.05, 0) is 60.3 Å². The first-order chi connectivity index (χ1) is 8.33. The lowest BCUT2D eigenvalue weighted by molar-refractivity contribution is 0.255. The first kappa shape index (κ1) is 14.0. The smallest absolute Gasteiger partial charge is 0.181 e. The Balaban J connectivity index is 2.44. The molecule has 0 spiro atoms. The van der Waals surface area contributed by atoms with Crippen molar-refractivity contribution >= 4 is 25.8 Å². The van der Waals surface area contributed by atoms with Crippen LogP contribution in [0.15, 0.2) is 27.6 Å². The van der Waals surface area contributed by atoms with Gasteiger partial charge >= 0.3 is 0 Å². The van der Waals surface area contributed by atoms with Crippen LogP contribution in [0.2, 0.25) is 0 Å². The highest BCUT2D eigenvalue weighted by Crippen LogP contribution is 2.48. The van der Waals surface area contributed by atoms with Crippen molar-refractivity contribution in [3.8, 4) is 0 Å². The third kappa shape index (κ3) is 2.24. The van der Waals surface area contributed by atoms with Crippen molar-refractivity contribution in [3.63, 3.8) is 0 Å². The van der Waals surface area contributed by atoms with Crippen LogP contribution in [0.4, 0.5) is 0 Å². The summed E-state index contributed by atoms with van der Waals surface area (Å²) in [5, 5.41) is 8.95. The maximum Gasteiger partial charge on any atom is 0.181 e. The van der Waals surface area contributed by atoms with Gasteiger partial charge in [0, 0.05) is 9.89 Å². The summed E-state index contributed by atoms with van der Waals surface area (Å²) in [6.07, 6.45) is 1.93. The molecule has 0 bridgehead atoms. The Morgan fingerprint density at radius 3 is 2.39 bits per heavy atom. The van der Waals surface area contributed by atoms with Crippen LogP contribution >= 0.6 is 15.9 Å². The Bertz CT molecular complexity index is 560. The first-order valence-corrected chi connectivity index (χ1v) is 8.32. The molecule has 0 aromatic heterocycles. The second-order valence-electron chi connectivity index (χ2n) is 5.18. The topological polar surface area (TPSA) is 54.4 Å². The Hall–Kier alpha value is -0.390. The van der Waals surface area contributed by atoms with E-state index in [9.17, 15) is 13.5 Å². The summed E-state index contributed by atoms with van der Waals surface area (Å²) in [6, 6.07) is 5.30. The Labute approximate surface area is 116 Å². The second-order valence-corrected chi connectivity index (χ2v) is 8.50. The molecule has 1 aliphatic carbocycles. The number of benzene rings is 1. The van der Waals surface area contributed by atoms with Gasteiger partial charge in [-0.15, -0.1) is 0 Å². The molecule has 0 amide bonds. The summed E-state index contributed by atoms with van der Waals surface area (Å²) in [6.45, 7) is 3.47. The molecule has 2 rings (SSSR count). The van der Waals surface area contributed by atoms with Gasteiger partial charge in [-0.3, -0.25) is 0 Å². The third-order valence-electron chi connectivity index (χ3n) is 3.63. The minimum atomic E-state index is -3.27. The molecule has 100 valence electrons. The van der Waals surface area contributed by atoms with Crippen LogP contribution in [0.5, 0.6) is 0 Å². The van der Waals surface area contributed by atoms with Crippen molar-refractivity contribution in [2.45, 2.75) is 42.2 Å². The van der Waals surface area contributed by atoms with E-state index >= 15 is 0 Å². The van der Waals surface area contributed by atoms with Gasteiger partial charge in [0.15, 0.2) is 9.84 Å². The zero-order valence-electron chi connectivity index (χ0n) is 10.5. The summed E-state index contributed by atoms with van der Waals surface area (Å²) in [7, 11) is -3.27. The molecule has 1 fully saturated rings. The van der Waals surface area contributed by atoms with Gasteiger partial charge in [-0.25, -0.2) is 8.42 Å². The van der Waals surface area contributed by atoms with Gasteiger partial charge in [-0.2, -0.15) is 0 Å². The molecule has 1 aliphatic rings. The molecule has 0 heterocycles. The number of halogens is 1. The molecule has 0 saturated heterocycles. The highest BCUT2D eigenvalue weighted by atomic mass is 79.9. The average molecular weight is 333 g/mol. The average Bonchev–Trinajstić information content (AvgIpc) is 3.09. The first-order valence-electron chi connectivity index (χ1n) is 5.98. The van der Waals surface area contributed by atoms with Crippen LogP contribution in [-0.4, -0.2) is 25.4 Å². The summed E-state index contributed by atoms with van der Waals surface area (Å²) in [5.41, 5.74) is 0.877. The van der Waals surface area contributed by atoms with Crippen molar-refractivity contribution in [2.24, 2.45) is 0 Å². The largest absolute Gasteiger partial charge is 0.395 e. The minimum absolute atomic E-state index is 0.121. The predicted molar refractivity (Wildman–Crippen MR) is 74.5 cm³/mol. The van der Waals surface area contributed by atoms with E-state index in [1.165, 1.54) is 0 Å². The van der Waals surface area contributed by atoms with Gasteiger partial charge in [0.25, 0.3) is 0 Å². The number of hydrogen-bond donors (Lipinski definition) is 1. The van der Waals surface area contributed by atoms with Gasteiger partial charge in [0.05, 0.1) is 16.8 Å². The molecule has 1 saturated carbocycles. The Morgan fingerprint density at radius 2 is 2.00 bits per heavy atom. The quantitative estimate of drug-likeness (QED) is 0.922. The van der Waals surface area contributed by atoms with E-state index in [4.69, 9.17) is 0 Å². The van der Waals surface area contributed by atoms with Crippen molar-refractivity contribution in [3.05, 3.63) is 28.2 Å². The Kier molecular flexibility index (Phi) is 3.60. The Morgan fingerprint density at radius 1 is 1.39 bits per heavy atom. The predicted octanol–water partition coefficient (Wildman–Crippen LogP) is 2.66. The molecule has 1 aromatic carbocycles. The van der Waals surface area contributed by atoms with Crippen molar-refractivity contribution in [1.82, 2.24) is 0 Å². The van der Waals surface area contributed by atoms with Crippen LogP contribution in [0.1, 0.15) is 32.3 Å². The van der Waals surface area contributed by atoms with Crippen LogP contribution in [-0.2, 0) is 15.3 Å². The molecular weight excluding hydrogens is 316 g/mol. The number of rotatable bonds is 4. The normalized spacial score (nSPS) is 18.1. The maximum absolute atomic E-state index is 12.1. The molecule has 0 atom stereocenters. The van der Waals surface area contributed by atoms with Crippen LogP contribution in [0, 0.1) is 0 Å². The number of hydrogen-bond acceptors (Lipinski definition) is 3. The van der Waals surface area contributed by atoms with E-state index in [-0.39, 0.29) is 12.0 Å². The number of aliphatic hydroxyl groups excluding tert-OH is 1. The van der Waals surface area contributed by atoms with E-state index in [0.717, 1.165) is 18.4 Å². The maximum atomic E-state index is 12.1. The fourth-order valence-electron chi connectivity index (χ4n) is 2.00. The van der Waals surface area contributed by atoms with Crippen molar-refractivity contribution in [1.29, 1.82) is 0 Å². The lowest BCUT2D eigenvalue weighted by atomic mass is 9.97. The fourth-order valence-corrected chi connectivity index (χ4v) is 4.16. The van der Waals surface area contributed by atoms with Crippen molar-refractivity contribution in [2.75, 3.05) is 6.61 Å². The summed E-state index contributed by atoms with van der Waals surface area (Å²) in [5.74, 6) is 0. The SMILES string of the molecule is CC(C)S(=O)(=O)c1ccc(C2(CO)CC2)cc1Br. The van der Waals surface area contributed by atoms with E-state index in [2.05, 4.69) is 15.9 Å².